The molecule has 2 aromatic carbocycles. The molecule has 0 saturated carbocycles. The van der Waals surface area contributed by atoms with Crippen LogP contribution >= 0.6 is 22.9 Å². The van der Waals surface area contributed by atoms with Crippen molar-refractivity contribution in [1.82, 2.24) is 29.2 Å². The summed E-state index contributed by atoms with van der Waals surface area (Å²) in [6.07, 6.45) is 3.88. The van der Waals surface area contributed by atoms with Gasteiger partial charge in [-0.2, -0.15) is 5.10 Å². The lowest BCUT2D eigenvalue weighted by atomic mass is 9.86. The fraction of sp³-hybridized carbons (Fsp3) is 0.394. The Morgan fingerprint density at radius 1 is 1.22 bits per heavy atom. The summed E-state index contributed by atoms with van der Waals surface area (Å²) in [4.78, 5) is 24.6. The van der Waals surface area contributed by atoms with Crippen molar-refractivity contribution in [3.8, 4) is 11.1 Å². The smallest absolute Gasteiger partial charge is 0.257 e. The molecule has 13 heteroatoms. The quantitative estimate of drug-likeness (QED) is 0.201. The molecule has 46 heavy (non-hydrogen) atoms. The number of nitrogens with zero attached hydrogens (tertiary/aromatic N) is 6. The topological polar surface area (TPSA) is 90.1 Å². The first kappa shape index (κ1) is 30.9. The highest BCUT2D eigenvalue weighted by Crippen LogP contribution is 2.38. The molecule has 3 aromatic heterocycles. The Bertz CT molecular complexity index is 1860. The Kier molecular flexibility index (Phi) is 8.62. The first-order valence-corrected chi connectivity index (χ1v) is 16.6. The zero-order valence-corrected chi connectivity index (χ0v) is 27.1. The fourth-order valence-electron chi connectivity index (χ4n) is 6.74. The normalized spacial score (nSPS) is 20.7. The van der Waals surface area contributed by atoms with Crippen molar-refractivity contribution in [2.75, 3.05) is 38.7 Å². The Labute approximate surface area is 274 Å². The molecule has 2 aliphatic heterocycles. The number of anilines is 1. The number of carbonyl (C=O) groups is 1. The highest BCUT2D eigenvalue weighted by molar-refractivity contribution is 7.13. The van der Waals surface area contributed by atoms with Crippen LogP contribution in [0.1, 0.15) is 40.9 Å². The number of hydrogen-bond acceptors (Lipinski definition) is 7. The van der Waals surface area contributed by atoms with Crippen molar-refractivity contribution in [3.63, 3.8) is 0 Å². The lowest BCUT2D eigenvalue weighted by molar-refractivity contribution is -0.118. The number of nitrogens with one attached hydrogen (secondary N) is 1. The zero-order valence-electron chi connectivity index (χ0n) is 25.5. The van der Waals surface area contributed by atoms with E-state index in [0.717, 1.165) is 41.8 Å². The van der Waals surface area contributed by atoms with Crippen LogP contribution in [-0.2, 0) is 22.5 Å². The van der Waals surface area contributed by atoms with Crippen LogP contribution in [0.15, 0.2) is 54.4 Å². The first-order chi connectivity index (χ1) is 22.3. The molecule has 2 aliphatic rings. The molecule has 1 N–H and O–H groups in total. The molecular formula is C33H34ClF2N7O2S. The molecule has 0 spiro atoms. The minimum atomic E-state index is -1.04. The minimum absolute atomic E-state index is 0.153. The molecule has 0 aliphatic carbocycles. The van der Waals surface area contributed by atoms with Crippen LogP contribution in [0, 0.1) is 6.92 Å². The minimum Gasteiger partial charge on any atom is -0.383 e. The number of ether oxygens (including phenoxy) is 1. The van der Waals surface area contributed by atoms with Gasteiger partial charge < -0.3 is 9.30 Å². The Morgan fingerprint density at radius 2 is 2.04 bits per heavy atom. The first-order valence-electron chi connectivity index (χ1n) is 15.3. The average molecular weight is 666 g/mol. The molecule has 1 unspecified atom stereocenters. The summed E-state index contributed by atoms with van der Waals surface area (Å²) in [6, 6.07) is 8.96. The van der Waals surface area contributed by atoms with Crippen molar-refractivity contribution in [2.24, 2.45) is 0 Å². The second-order valence-corrected chi connectivity index (χ2v) is 13.3. The number of hydrogen-bond donors (Lipinski definition) is 1. The monoisotopic (exact) mass is 665 g/mol. The van der Waals surface area contributed by atoms with Crippen LogP contribution in [0.5, 0.6) is 0 Å². The Balaban J connectivity index is 1.20. The number of methoxy groups -OCH3 is 1. The number of imidazole rings is 1. The number of benzene rings is 2. The van der Waals surface area contributed by atoms with Crippen LogP contribution in [0.3, 0.4) is 0 Å². The summed E-state index contributed by atoms with van der Waals surface area (Å²) in [5.41, 5.74) is 5.46. The number of rotatable bonds is 9. The van der Waals surface area contributed by atoms with Gasteiger partial charge >= 0.3 is 0 Å². The molecule has 7 rings (SSSR count). The van der Waals surface area contributed by atoms with Gasteiger partial charge in [-0.05, 0) is 48.2 Å². The predicted molar refractivity (Wildman–Crippen MR) is 175 cm³/mol. The van der Waals surface area contributed by atoms with Crippen molar-refractivity contribution < 1.29 is 18.3 Å². The van der Waals surface area contributed by atoms with E-state index in [1.54, 1.807) is 40.5 Å². The lowest BCUT2D eigenvalue weighted by Gasteiger charge is -2.34. The molecule has 9 nitrogen and oxygen atoms in total. The third kappa shape index (κ3) is 5.83. The van der Waals surface area contributed by atoms with Crippen LogP contribution in [0.2, 0.25) is 5.02 Å². The number of alkyl halides is 2. The molecule has 1 fully saturated rings. The fourth-order valence-corrected chi connectivity index (χ4v) is 7.52. The van der Waals surface area contributed by atoms with Gasteiger partial charge in [-0.15, -0.1) is 11.3 Å². The van der Waals surface area contributed by atoms with Gasteiger partial charge in [0.15, 0.2) is 11.2 Å². The third-order valence-electron chi connectivity index (χ3n) is 9.13. The van der Waals surface area contributed by atoms with Gasteiger partial charge in [-0.25, -0.2) is 18.7 Å². The molecule has 0 radical (unpaired) electrons. The van der Waals surface area contributed by atoms with Gasteiger partial charge in [-0.3, -0.25) is 19.7 Å². The van der Waals surface area contributed by atoms with E-state index in [1.807, 2.05) is 37.3 Å². The van der Waals surface area contributed by atoms with Crippen molar-refractivity contribution in [2.45, 2.75) is 50.6 Å². The van der Waals surface area contributed by atoms with Crippen molar-refractivity contribution >= 4 is 44.9 Å². The maximum Gasteiger partial charge on any atom is 0.257 e. The highest BCUT2D eigenvalue weighted by atomic mass is 35.5. The summed E-state index contributed by atoms with van der Waals surface area (Å²) in [5.74, 6) is -0.535. The maximum atomic E-state index is 15.2. The second kappa shape index (κ2) is 12.8. The van der Waals surface area contributed by atoms with E-state index in [0.29, 0.717) is 45.6 Å². The number of thiazole rings is 1. The van der Waals surface area contributed by atoms with Crippen LogP contribution in [0.25, 0.3) is 22.0 Å². The van der Waals surface area contributed by atoms with Crippen LogP contribution in [-0.4, -0.2) is 80.8 Å². The molecule has 5 heterocycles. The summed E-state index contributed by atoms with van der Waals surface area (Å²) in [7, 11) is 1.66. The number of fused-ring (bicyclic) bond motifs is 2. The molecular weight excluding hydrogens is 632 g/mol. The molecule has 1 saturated heterocycles. The van der Waals surface area contributed by atoms with Gasteiger partial charge in [-0.1, -0.05) is 35.9 Å². The van der Waals surface area contributed by atoms with Crippen molar-refractivity contribution in [3.05, 3.63) is 82.0 Å². The number of carbonyl (C=O) groups excluding carboxylic acids is 1. The standard InChI is InChI=1S/C33H34ClF2N7O2S/c1-19-24(21-5-3-20(4-6-21)23-7-9-41(10-11-45-2)17-27(23)36)14-26(34)25-16-43(40-29(19)25)31(32(44)39-33-37-8-12-46-33)30-28-13-22(35)15-42(28)18-38-30/h3-6,8,12,14,16,18,22-23,27,31H,7,9-11,13,15,17H2,1-2H3,(H,37,39,44)/t22-,23-,27+,31?/m1/s1. The Hall–Kier alpha value is -3.71. The van der Waals surface area contributed by atoms with Gasteiger partial charge in [0.1, 0.15) is 12.3 Å². The van der Waals surface area contributed by atoms with E-state index in [4.69, 9.17) is 21.4 Å². The van der Waals surface area contributed by atoms with Crippen LogP contribution < -0.4 is 5.32 Å². The van der Waals surface area contributed by atoms with Crippen LogP contribution in [0.4, 0.5) is 13.9 Å². The van der Waals surface area contributed by atoms with Gasteiger partial charge in [0.25, 0.3) is 5.91 Å². The molecule has 0 bridgehead atoms. The Morgan fingerprint density at radius 3 is 2.78 bits per heavy atom. The number of piperidine rings is 1. The molecule has 240 valence electrons. The number of likely N-dealkylation sites (tertiary alicyclic amines) is 1. The van der Waals surface area contributed by atoms with Gasteiger partial charge in [0.05, 0.1) is 35.7 Å². The van der Waals surface area contributed by atoms with E-state index in [1.165, 1.54) is 11.3 Å². The van der Waals surface area contributed by atoms with E-state index >= 15 is 4.39 Å². The van der Waals surface area contributed by atoms with E-state index in [-0.39, 0.29) is 24.8 Å². The number of amides is 1. The van der Waals surface area contributed by atoms with E-state index in [9.17, 15) is 9.18 Å². The summed E-state index contributed by atoms with van der Waals surface area (Å²) in [6.45, 7) is 4.75. The maximum absolute atomic E-state index is 15.2. The number of aromatic nitrogens is 5. The van der Waals surface area contributed by atoms with Gasteiger partial charge in [0, 0.05) is 61.4 Å². The lowest BCUT2D eigenvalue weighted by Crippen LogP contribution is -2.42. The summed E-state index contributed by atoms with van der Waals surface area (Å²) >= 11 is 8.16. The second-order valence-electron chi connectivity index (χ2n) is 12.0. The third-order valence-corrected chi connectivity index (χ3v) is 10.1. The number of halogens is 3. The van der Waals surface area contributed by atoms with E-state index in [2.05, 4.69) is 20.2 Å². The zero-order chi connectivity index (χ0) is 31.9. The van der Waals surface area contributed by atoms with Crippen molar-refractivity contribution in [1.29, 1.82) is 0 Å². The largest absolute Gasteiger partial charge is 0.383 e. The SMILES string of the molecule is COCCN1CC[C@H](c2ccc(-c3cc(Cl)c4cn(C(C(=O)Nc5nccs5)c5ncn6c5C[C@@H](F)C6)nc4c3C)cc2)[C@@H](F)C1. The molecule has 5 aromatic rings. The average Bonchev–Trinajstić information content (AvgIpc) is 3.85. The predicted octanol–water partition coefficient (Wildman–Crippen LogP) is 6.21. The molecule has 4 atom stereocenters. The molecule has 1 amide bonds. The van der Waals surface area contributed by atoms with Gasteiger partial charge in [0.2, 0.25) is 0 Å². The highest BCUT2D eigenvalue weighted by Gasteiger charge is 2.35. The summed E-state index contributed by atoms with van der Waals surface area (Å²) in [5, 5.41) is 11.1. The summed E-state index contributed by atoms with van der Waals surface area (Å²) < 4.78 is 38.0. The van der Waals surface area contributed by atoms with E-state index < -0.39 is 18.4 Å². The number of aryl methyl sites for hydroxylation is 1.